The van der Waals surface area contributed by atoms with E-state index >= 15 is 0 Å². The van der Waals surface area contributed by atoms with Gasteiger partial charge in [0.25, 0.3) is 0 Å². The second-order valence-electron chi connectivity index (χ2n) is 2.91. The highest BCUT2D eigenvalue weighted by atomic mass is 29.2. The van der Waals surface area contributed by atoms with Gasteiger partial charge in [-0.3, -0.25) is 0 Å². The third-order valence-corrected chi connectivity index (χ3v) is 9.55. The van der Waals surface area contributed by atoms with Gasteiger partial charge in [-0.15, -0.1) is 0 Å². The van der Waals surface area contributed by atoms with E-state index in [1.807, 2.05) is 13.8 Å². The van der Waals surface area contributed by atoms with Gasteiger partial charge in [0.15, 0.2) is 0 Å². The van der Waals surface area contributed by atoms with Crippen LogP contribution in [0.15, 0.2) is 0 Å². The van der Waals surface area contributed by atoms with Crippen molar-refractivity contribution < 1.29 is 0 Å². The zero-order valence-corrected chi connectivity index (χ0v) is 9.62. The van der Waals surface area contributed by atoms with E-state index in [9.17, 15) is 0 Å². The molecule has 0 aliphatic heterocycles. The van der Waals surface area contributed by atoms with E-state index in [1.54, 1.807) is 0 Å². The normalized spacial score (nSPS) is 11.2. The second-order valence-corrected chi connectivity index (χ2v) is 17.2. The molecule has 0 saturated carbocycles. The fraction of sp³-hybridized carbons (Fsp3) is 1.00. The molecule has 0 atom stereocenters. The number of hydrogen-bond donors (Lipinski definition) is 0. The quantitative estimate of drug-likeness (QED) is 0.499. The van der Waals surface area contributed by atoms with Gasteiger partial charge in [-0.2, -0.15) is 0 Å². The van der Waals surface area contributed by atoms with Gasteiger partial charge in [0.2, 0.25) is 0 Å². The van der Waals surface area contributed by atoms with E-state index in [1.165, 1.54) is 0 Å². The summed E-state index contributed by atoms with van der Waals surface area (Å²) in [6, 6.07) is 0. The lowest BCUT2D eigenvalue weighted by molar-refractivity contribution is 1.50. The lowest BCUT2D eigenvalue weighted by Crippen LogP contribution is -2.26. The molecular formula is C6H20Si2. The topological polar surface area (TPSA) is 0 Å². The van der Waals surface area contributed by atoms with Crippen molar-refractivity contribution in [2.24, 2.45) is 0 Å². The second kappa shape index (κ2) is 5.57. The number of rotatable bonds is 1. The van der Waals surface area contributed by atoms with Crippen LogP contribution in [0.1, 0.15) is 13.8 Å². The van der Waals surface area contributed by atoms with E-state index in [4.69, 9.17) is 0 Å². The van der Waals surface area contributed by atoms with Crippen LogP contribution in [0.25, 0.3) is 0 Å². The molecule has 0 aliphatic rings. The Morgan fingerprint density at radius 3 is 1.12 bits per heavy atom. The first kappa shape index (κ1) is 11.3. The third kappa shape index (κ3) is 16.1. The van der Waals surface area contributed by atoms with E-state index in [2.05, 4.69) is 26.2 Å². The van der Waals surface area contributed by atoms with Crippen LogP contribution in [0.2, 0.25) is 26.2 Å². The van der Waals surface area contributed by atoms with E-state index in [0.29, 0.717) is 9.04 Å². The van der Waals surface area contributed by atoms with Gasteiger partial charge in [-0.1, -0.05) is 40.0 Å². The predicted molar refractivity (Wildman–Crippen MR) is 49.1 cm³/mol. The van der Waals surface area contributed by atoms with E-state index < -0.39 is 7.59 Å². The zero-order chi connectivity index (χ0) is 7.21. The van der Waals surface area contributed by atoms with Crippen molar-refractivity contribution >= 4 is 16.6 Å². The largest absolute Gasteiger partial charge is 0.0766 e. The summed E-state index contributed by atoms with van der Waals surface area (Å²) in [5.74, 6) is 0. The van der Waals surface area contributed by atoms with Gasteiger partial charge in [-0.05, 0) is 0 Å². The first-order valence-electron chi connectivity index (χ1n) is 3.56. The Labute approximate surface area is 57.3 Å². The molecule has 0 heterocycles. The van der Waals surface area contributed by atoms with Crippen LogP contribution in [0.3, 0.4) is 0 Å². The van der Waals surface area contributed by atoms with Gasteiger partial charge in [0, 0.05) is 16.6 Å². The summed E-state index contributed by atoms with van der Waals surface area (Å²) in [6.07, 6.45) is 0. The molecule has 0 spiro atoms. The van der Waals surface area contributed by atoms with Crippen LogP contribution in [0.5, 0.6) is 0 Å². The van der Waals surface area contributed by atoms with Gasteiger partial charge in [-0.25, -0.2) is 0 Å². The fourth-order valence-corrected chi connectivity index (χ4v) is 0. The molecule has 2 heteroatoms. The van der Waals surface area contributed by atoms with Gasteiger partial charge in [0.05, 0.1) is 0 Å². The third-order valence-electron chi connectivity index (χ3n) is 1.06. The van der Waals surface area contributed by atoms with Crippen LogP contribution >= 0.6 is 0 Å². The lowest BCUT2D eigenvalue weighted by atomic mass is 11.0. The molecule has 0 aromatic heterocycles. The molecule has 0 saturated heterocycles. The smallest absolute Gasteiger partial charge is 0.0307 e. The van der Waals surface area contributed by atoms with Crippen molar-refractivity contribution in [1.29, 1.82) is 0 Å². The molecule has 0 radical (unpaired) electrons. The number of hydrogen-bond acceptors (Lipinski definition) is 0. The highest BCUT2D eigenvalue weighted by Crippen LogP contribution is 1.94. The van der Waals surface area contributed by atoms with Crippen molar-refractivity contribution in [3.8, 4) is 0 Å². The maximum absolute atomic E-state index is 2.44. The van der Waals surface area contributed by atoms with Crippen molar-refractivity contribution in [2.45, 2.75) is 40.0 Å². The van der Waals surface area contributed by atoms with E-state index in [0.717, 1.165) is 0 Å². The minimum absolute atomic E-state index is 0.391. The molecule has 0 bridgehead atoms. The van der Waals surface area contributed by atoms with E-state index in [-0.39, 0.29) is 0 Å². The Morgan fingerprint density at radius 1 is 1.00 bits per heavy atom. The first-order chi connectivity index (χ1) is 3.56. The summed E-state index contributed by atoms with van der Waals surface area (Å²) in [5, 5.41) is 0. The molecule has 0 aliphatic carbocycles. The molecule has 0 N–H and O–H groups in total. The average Bonchev–Trinajstić information content (AvgIpc) is 1.71. The Kier molecular flexibility index (Phi) is 7.84. The van der Waals surface area contributed by atoms with Crippen LogP contribution < -0.4 is 0 Å². The zero-order valence-electron chi connectivity index (χ0n) is 7.21. The SMILES string of the molecule is CC.C[SiH2][Si](C)(C)C. The molecule has 8 heavy (non-hydrogen) atoms. The highest BCUT2D eigenvalue weighted by Gasteiger charge is 2.07. The highest BCUT2D eigenvalue weighted by molar-refractivity contribution is 7.22. The standard InChI is InChI=1S/C4H14Si2.C2H6/c1-5-6(2,3)4;1-2/h5H2,1-4H3;1-2H3. The Bertz CT molecular complexity index is 36.3. The van der Waals surface area contributed by atoms with Crippen molar-refractivity contribution in [3.63, 3.8) is 0 Å². The molecule has 0 aromatic carbocycles. The van der Waals surface area contributed by atoms with Crippen molar-refractivity contribution in [3.05, 3.63) is 0 Å². The van der Waals surface area contributed by atoms with Crippen molar-refractivity contribution in [2.75, 3.05) is 0 Å². The van der Waals surface area contributed by atoms with Crippen LogP contribution in [0, 0.1) is 0 Å². The molecule has 52 valence electrons. The minimum Gasteiger partial charge on any atom is -0.0766 e. The summed E-state index contributed by atoms with van der Waals surface area (Å²) in [7, 11) is -0.101. The summed E-state index contributed by atoms with van der Waals surface area (Å²) in [6.45, 7) is 13.7. The predicted octanol–water partition coefficient (Wildman–Crippen LogP) is 2.06. The molecule has 0 aromatic rings. The first-order valence-corrected chi connectivity index (χ1v) is 10.8. The fourth-order valence-electron chi connectivity index (χ4n) is 0. The van der Waals surface area contributed by atoms with Gasteiger partial charge >= 0.3 is 0 Å². The minimum atomic E-state index is -0.492. The van der Waals surface area contributed by atoms with Crippen LogP contribution in [-0.2, 0) is 0 Å². The maximum Gasteiger partial charge on any atom is 0.0307 e. The Hall–Kier alpha value is 0.434. The summed E-state index contributed by atoms with van der Waals surface area (Å²) >= 11 is 0. The van der Waals surface area contributed by atoms with Crippen LogP contribution in [-0.4, -0.2) is 16.6 Å². The Balaban J connectivity index is 0. The molecule has 0 amide bonds. The van der Waals surface area contributed by atoms with Crippen molar-refractivity contribution in [1.82, 2.24) is 0 Å². The van der Waals surface area contributed by atoms with Crippen LogP contribution in [0.4, 0.5) is 0 Å². The Morgan fingerprint density at radius 2 is 1.12 bits per heavy atom. The molecule has 0 rings (SSSR count). The van der Waals surface area contributed by atoms with Gasteiger partial charge in [0.1, 0.15) is 0 Å². The lowest BCUT2D eigenvalue weighted by Gasteiger charge is -2.08. The molecule has 0 nitrogen and oxygen atoms in total. The summed E-state index contributed by atoms with van der Waals surface area (Å²) < 4.78 is 0. The van der Waals surface area contributed by atoms with Gasteiger partial charge < -0.3 is 0 Å². The summed E-state index contributed by atoms with van der Waals surface area (Å²) in [4.78, 5) is 0. The average molecular weight is 148 g/mol. The maximum atomic E-state index is 2.44. The molecule has 0 fully saturated rings. The molecule has 0 unspecified atom stereocenters. The monoisotopic (exact) mass is 148 g/mol. The molecular weight excluding hydrogens is 128 g/mol. The summed E-state index contributed by atoms with van der Waals surface area (Å²) in [5.41, 5.74) is 0.